The van der Waals surface area contributed by atoms with E-state index in [0.29, 0.717) is 5.75 Å². The maximum absolute atomic E-state index is 13.8. The molecule has 1 unspecified atom stereocenters. The van der Waals surface area contributed by atoms with Crippen LogP contribution in [-0.4, -0.2) is 44.1 Å². The molecule has 1 N–H and O–H groups in total. The summed E-state index contributed by atoms with van der Waals surface area (Å²) in [5.74, 6) is -0.317. The van der Waals surface area contributed by atoms with Gasteiger partial charge in [-0.15, -0.1) is 0 Å². The minimum Gasteiger partial charge on any atom is -0.491 e. The van der Waals surface area contributed by atoms with Gasteiger partial charge in [0.15, 0.2) is 0 Å². The maximum atomic E-state index is 13.8. The summed E-state index contributed by atoms with van der Waals surface area (Å²) in [5, 5.41) is 2.70. The molecule has 0 fully saturated rings. The molecule has 2 aromatic rings. The van der Waals surface area contributed by atoms with Crippen molar-refractivity contribution < 1.29 is 22.3 Å². The number of rotatable bonds is 9. The van der Waals surface area contributed by atoms with Crippen molar-refractivity contribution in [3.8, 4) is 5.75 Å². The Balaban J connectivity index is 1.91. The Morgan fingerprint density at radius 2 is 1.82 bits per heavy atom. The minimum atomic E-state index is -3.70. The number of amides is 1. The monoisotopic (exact) mass is 408 g/mol. The van der Waals surface area contributed by atoms with Crippen LogP contribution in [0, 0.1) is 12.7 Å². The fourth-order valence-electron chi connectivity index (χ4n) is 2.49. The van der Waals surface area contributed by atoms with E-state index in [0.717, 1.165) is 16.1 Å². The fourth-order valence-corrected chi connectivity index (χ4v) is 3.21. The first kappa shape index (κ1) is 21.8. The van der Waals surface area contributed by atoms with Crippen molar-refractivity contribution in [1.29, 1.82) is 0 Å². The molecule has 0 saturated heterocycles. The van der Waals surface area contributed by atoms with E-state index >= 15 is 0 Å². The van der Waals surface area contributed by atoms with Crippen molar-refractivity contribution in [2.45, 2.75) is 26.4 Å². The van der Waals surface area contributed by atoms with Gasteiger partial charge in [-0.1, -0.05) is 35.9 Å². The Morgan fingerprint density at radius 1 is 1.18 bits per heavy atom. The fraction of sp³-hybridized carbons (Fsp3) is 0.350. The molecule has 0 radical (unpaired) electrons. The van der Waals surface area contributed by atoms with Gasteiger partial charge in [0.1, 0.15) is 18.2 Å². The Kier molecular flexibility index (Phi) is 7.53. The van der Waals surface area contributed by atoms with Crippen LogP contribution in [0.4, 0.5) is 4.39 Å². The summed E-state index contributed by atoms with van der Waals surface area (Å²) in [7, 11) is -3.70. The predicted octanol–water partition coefficient (Wildman–Crippen LogP) is 2.48. The van der Waals surface area contributed by atoms with Gasteiger partial charge in [0.25, 0.3) is 0 Å². The molecular weight excluding hydrogens is 383 g/mol. The molecule has 1 amide bonds. The van der Waals surface area contributed by atoms with E-state index in [4.69, 9.17) is 4.74 Å². The van der Waals surface area contributed by atoms with Crippen LogP contribution in [0.2, 0.25) is 0 Å². The van der Waals surface area contributed by atoms with Gasteiger partial charge in [-0.3, -0.25) is 4.79 Å². The summed E-state index contributed by atoms with van der Waals surface area (Å²) in [5.41, 5.74) is 1.32. The normalized spacial score (nSPS) is 12.6. The van der Waals surface area contributed by atoms with Gasteiger partial charge >= 0.3 is 0 Å². The van der Waals surface area contributed by atoms with Crippen LogP contribution in [0.25, 0.3) is 0 Å². The van der Waals surface area contributed by atoms with E-state index in [9.17, 15) is 17.6 Å². The van der Waals surface area contributed by atoms with Crippen molar-refractivity contribution in [3.63, 3.8) is 0 Å². The van der Waals surface area contributed by atoms with Gasteiger partial charge in [-0.2, -0.15) is 4.31 Å². The first-order valence-electron chi connectivity index (χ1n) is 8.82. The highest BCUT2D eigenvalue weighted by Gasteiger charge is 2.22. The van der Waals surface area contributed by atoms with Crippen LogP contribution in [0.5, 0.6) is 5.75 Å². The summed E-state index contributed by atoms with van der Waals surface area (Å²) in [6.07, 6.45) is 0.991. The number of carbonyl (C=O) groups excluding carboxylic acids is 1. The van der Waals surface area contributed by atoms with Crippen molar-refractivity contribution >= 4 is 15.9 Å². The zero-order valence-corrected chi connectivity index (χ0v) is 17.0. The highest BCUT2D eigenvalue weighted by Crippen LogP contribution is 2.13. The second-order valence-electron chi connectivity index (χ2n) is 6.72. The summed E-state index contributed by atoms with van der Waals surface area (Å²) in [6.45, 7) is 3.35. The number of halogens is 1. The molecule has 0 saturated carbocycles. The molecule has 0 aliphatic carbocycles. The third-order valence-corrected chi connectivity index (χ3v) is 5.22. The first-order valence-corrected chi connectivity index (χ1v) is 10.7. The van der Waals surface area contributed by atoms with E-state index in [1.54, 1.807) is 13.0 Å². The Labute approximate surface area is 165 Å². The van der Waals surface area contributed by atoms with Gasteiger partial charge in [0.05, 0.1) is 18.8 Å². The Hall–Kier alpha value is -2.45. The topological polar surface area (TPSA) is 75.7 Å². The van der Waals surface area contributed by atoms with E-state index in [1.807, 2.05) is 31.2 Å². The van der Waals surface area contributed by atoms with E-state index in [2.05, 4.69) is 5.32 Å². The molecule has 2 rings (SSSR count). The lowest BCUT2D eigenvalue weighted by Crippen LogP contribution is -2.44. The second-order valence-corrected chi connectivity index (χ2v) is 8.70. The summed E-state index contributed by atoms with van der Waals surface area (Å²) in [4.78, 5) is 12.3. The number of hydrogen-bond donors (Lipinski definition) is 1. The van der Waals surface area contributed by atoms with Gasteiger partial charge in [0.2, 0.25) is 15.9 Å². The van der Waals surface area contributed by atoms with Gasteiger partial charge in [-0.05, 0) is 32.0 Å². The molecule has 1 atom stereocenters. The van der Waals surface area contributed by atoms with Crippen LogP contribution in [-0.2, 0) is 21.4 Å². The molecule has 0 spiro atoms. The SMILES string of the molecule is Cc1ccc(OCC(C)NC(=O)CN(Cc2ccccc2F)S(C)(=O)=O)cc1. The van der Waals surface area contributed by atoms with E-state index < -0.39 is 28.3 Å². The van der Waals surface area contributed by atoms with Crippen molar-refractivity contribution in [2.24, 2.45) is 0 Å². The second kappa shape index (κ2) is 9.66. The molecular formula is C20H25FN2O4S. The number of ether oxygens (including phenoxy) is 1. The third kappa shape index (κ3) is 6.94. The highest BCUT2D eigenvalue weighted by molar-refractivity contribution is 7.88. The van der Waals surface area contributed by atoms with Crippen LogP contribution >= 0.6 is 0 Å². The van der Waals surface area contributed by atoms with Crippen LogP contribution in [0.1, 0.15) is 18.1 Å². The van der Waals surface area contributed by atoms with Gasteiger partial charge < -0.3 is 10.1 Å². The number of sulfonamides is 1. The number of nitrogens with zero attached hydrogens (tertiary/aromatic N) is 1. The lowest BCUT2D eigenvalue weighted by Gasteiger charge is -2.21. The summed E-state index contributed by atoms with van der Waals surface area (Å²) in [6, 6.07) is 13.1. The van der Waals surface area contributed by atoms with Crippen LogP contribution < -0.4 is 10.1 Å². The van der Waals surface area contributed by atoms with Gasteiger partial charge in [-0.25, -0.2) is 12.8 Å². The van der Waals surface area contributed by atoms with Crippen molar-refractivity contribution in [3.05, 3.63) is 65.5 Å². The maximum Gasteiger partial charge on any atom is 0.235 e. The lowest BCUT2D eigenvalue weighted by molar-refractivity contribution is -0.122. The van der Waals surface area contributed by atoms with Crippen molar-refractivity contribution in [1.82, 2.24) is 9.62 Å². The van der Waals surface area contributed by atoms with Crippen LogP contribution in [0.3, 0.4) is 0 Å². The predicted molar refractivity (Wildman–Crippen MR) is 106 cm³/mol. The standard InChI is InChI=1S/C20H25FN2O4S/c1-15-8-10-18(11-9-15)27-14-16(2)22-20(24)13-23(28(3,25)26)12-17-6-4-5-7-19(17)21/h4-11,16H,12-14H2,1-3H3,(H,22,24). The number of carbonyl (C=O) groups is 1. The third-order valence-electron chi connectivity index (χ3n) is 4.02. The van der Waals surface area contributed by atoms with E-state index in [1.165, 1.54) is 18.2 Å². The minimum absolute atomic E-state index is 0.205. The van der Waals surface area contributed by atoms with Crippen LogP contribution in [0.15, 0.2) is 48.5 Å². The molecule has 28 heavy (non-hydrogen) atoms. The smallest absolute Gasteiger partial charge is 0.235 e. The molecule has 2 aromatic carbocycles. The Morgan fingerprint density at radius 3 is 2.43 bits per heavy atom. The average Bonchev–Trinajstić information content (AvgIpc) is 2.61. The molecule has 0 aliphatic rings. The van der Waals surface area contributed by atoms with Gasteiger partial charge in [0, 0.05) is 12.1 Å². The summed E-state index contributed by atoms with van der Waals surface area (Å²) >= 11 is 0. The molecule has 6 nitrogen and oxygen atoms in total. The average molecular weight is 408 g/mol. The lowest BCUT2D eigenvalue weighted by atomic mass is 10.2. The van der Waals surface area contributed by atoms with Crippen molar-refractivity contribution in [2.75, 3.05) is 19.4 Å². The molecule has 0 aliphatic heterocycles. The highest BCUT2D eigenvalue weighted by atomic mass is 32.2. The molecule has 0 heterocycles. The first-order chi connectivity index (χ1) is 13.1. The summed E-state index contributed by atoms with van der Waals surface area (Å²) < 4.78 is 44.4. The number of hydrogen-bond acceptors (Lipinski definition) is 4. The number of aryl methyl sites for hydroxylation is 1. The zero-order chi connectivity index (χ0) is 20.7. The Bertz CT molecular complexity index is 901. The number of benzene rings is 2. The largest absolute Gasteiger partial charge is 0.491 e. The quantitative estimate of drug-likeness (QED) is 0.692. The molecule has 0 bridgehead atoms. The zero-order valence-electron chi connectivity index (χ0n) is 16.2. The molecule has 152 valence electrons. The molecule has 8 heteroatoms. The number of nitrogens with one attached hydrogen (secondary N) is 1. The van der Waals surface area contributed by atoms with E-state index in [-0.39, 0.29) is 24.8 Å². The molecule has 0 aromatic heterocycles.